The largest absolute Gasteiger partial charge is 0.472 e. The molecule has 0 bridgehead atoms. The first kappa shape index (κ1) is 85.1. The van der Waals surface area contributed by atoms with Crippen molar-refractivity contribution in [2.45, 2.75) is 373 Å². The first-order valence-electron chi connectivity index (χ1n) is 35.8. The van der Waals surface area contributed by atoms with Gasteiger partial charge in [0.25, 0.3) is 0 Å². The van der Waals surface area contributed by atoms with Crippen molar-refractivity contribution < 1.29 is 80.2 Å². The topological polar surface area (TPSA) is 237 Å². The number of phosphoric ester groups is 2. The van der Waals surface area contributed by atoms with Gasteiger partial charge in [0.15, 0.2) is 12.2 Å². The van der Waals surface area contributed by atoms with Crippen molar-refractivity contribution in [2.24, 2.45) is 0 Å². The number of unbranched alkanes of at least 4 members (excludes halogenated alkanes) is 43. The molecule has 0 rings (SSSR count). The number of aliphatic hydroxyl groups excluding tert-OH is 1. The van der Waals surface area contributed by atoms with Crippen molar-refractivity contribution in [3.63, 3.8) is 0 Å². The maximum atomic E-state index is 13.0. The van der Waals surface area contributed by atoms with E-state index in [0.29, 0.717) is 25.7 Å². The van der Waals surface area contributed by atoms with Gasteiger partial charge in [0, 0.05) is 25.7 Å². The minimum atomic E-state index is -4.95. The van der Waals surface area contributed by atoms with Gasteiger partial charge in [0.2, 0.25) is 0 Å². The van der Waals surface area contributed by atoms with Gasteiger partial charge in [-0.05, 0) is 25.7 Å². The van der Waals surface area contributed by atoms with Crippen LogP contribution in [0.5, 0.6) is 0 Å². The summed E-state index contributed by atoms with van der Waals surface area (Å²) in [6.45, 7) is 4.85. The number of carbonyl (C=O) groups excluding carboxylic acids is 4. The van der Waals surface area contributed by atoms with Crippen molar-refractivity contribution in [1.82, 2.24) is 0 Å². The Kier molecular flexibility index (Phi) is 61.4. The Morgan fingerprint density at radius 2 is 0.460 bits per heavy atom. The Labute approximate surface area is 530 Å². The zero-order valence-electron chi connectivity index (χ0n) is 56.0. The molecule has 17 nitrogen and oxygen atoms in total. The lowest BCUT2D eigenvalue weighted by Crippen LogP contribution is -2.30. The van der Waals surface area contributed by atoms with Crippen molar-refractivity contribution in [3.05, 3.63) is 0 Å². The molecule has 87 heavy (non-hydrogen) atoms. The summed E-state index contributed by atoms with van der Waals surface area (Å²) in [6.07, 6.45) is 50.2. The molecule has 0 spiro atoms. The molecule has 3 N–H and O–H groups in total. The molecule has 0 aromatic carbocycles. The molecule has 0 saturated carbocycles. The molecule has 0 heterocycles. The number of phosphoric acid groups is 2. The van der Waals surface area contributed by atoms with Gasteiger partial charge in [-0.25, -0.2) is 9.13 Å². The van der Waals surface area contributed by atoms with Crippen LogP contribution in [0.15, 0.2) is 0 Å². The number of aliphatic hydroxyl groups is 1. The van der Waals surface area contributed by atoms with Gasteiger partial charge in [-0.1, -0.05) is 304 Å². The number of ether oxygens (including phenoxy) is 4. The second-order valence-corrected chi connectivity index (χ2v) is 27.5. The van der Waals surface area contributed by atoms with Crippen LogP contribution in [0.4, 0.5) is 0 Å². The average molecular weight is 1280 g/mol. The summed E-state index contributed by atoms with van der Waals surface area (Å²) in [5, 5.41) is 10.5. The summed E-state index contributed by atoms with van der Waals surface area (Å²) in [6, 6.07) is 0. The van der Waals surface area contributed by atoms with E-state index in [1.165, 1.54) is 180 Å². The lowest BCUT2D eigenvalue weighted by Gasteiger charge is -2.21. The summed E-state index contributed by atoms with van der Waals surface area (Å²) < 4.78 is 68.0. The lowest BCUT2D eigenvalue weighted by molar-refractivity contribution is -0.161. The van der Waals surface area contributed by atoms with Crippen LogP contribution in [0.1, 0.15) is 355 Å². The zero-order chi connectivity index (χ0) is 64.0. The Hall–Kier alpha value is -1.94. The van der Waals surface area contributed by atoms with Crippen LogP contribution in [-0.4, -0.2) is 96.7 Å². The Balaban J connectivity index is 5.16. The van der Waals surface area contributed by atoms with Gasteiger partial charge < -0.3 is 33.8 Å². The molecule has 0 aliphatic heterocycles. The van der Waals surface area contributed by atoms with Gasteiger partial charge in [0.05, 0.1) is 26.4 Å². The smallest absolute Gasteiger partial charge is 0.462 e. The van der Waals surface area contributed by atoms with Gasteiger partial charge in [-0.2, -0.15) is 0 Å². The van der Waals surface area contributed by atoms with Gasteiger partial charge in [-0.3, -0.25) is 37.3 Å². The van der Waals surface area contributed by atoms with E-state index in [0.717, 1.165) is 96.3 Å². The highest BCUT2D eigenvalue weighted by Gasteiger charge is 2.30. The van der Waals surface area contributed by atoms with E-state index in [4.69, 9.17) is 37.0 Å². The summed E-state index contributed by atoms with van der Waals surface area (Å²) in [5.41, 5.74) is 0. The first-order chi connectivity index (χ1) is 42.2. The molecule has 0 amide bonds. The van der Waals surface area contributed by atoms with Crippen LogP contribution in [0, 0.1) is 0 Å². The Bertz CT molecular complexity index is 1670. The van der Waals surface area contributed by atoms with Crippen molar-refractivity contribution in [1.29, 1.82) is 0 Å². The zero-order valence-corrected chi connectivity index (χ0v) is 57.8. The van der Waals surface area contributed by atoms with Crippen molar-refractivity contribution >= 4 is 39.5 Å². The summed E-state index contributed by atoms with van der Waals surface area (Å²) >= 11 is 0. The Morgan fingerprint density at radius 1 is 0.276 bits per heavy atom. The van der Waals surface area contributed by atoms with Crippen molar-refractivity contribution in [3.8, 4) is 0 Å². The van der Waals surface area contributed by atoms with E-state index in [2.05, 4.69) is 27.7 Å². The SMILES string of the molecule is CCCCCCCCCCCCCCCCCC(=O)OC[C@H](COP(=O)(O)OC[C@@H](O)COP(=O)(O)OC[C@@H](COC(=O)CCCCCCC)OC(=O)CCCCCCCCCCCCCC)OC(=O)CCCCCCCCCCCCCCCCC. The van der Waals surface area contributed by atoms with Gasteiger partial charge >= 0.3 is 39.5 Å². The number of hydrogen-bond acceptors (Lipinski definition) is 15. The minimum absolute atomic E-state index is 0.107. The highest BCUT2D eigenvalue weighted by atomic mass is 31.2. The van der Waals surface area contributed by atoms with Crippen LogP contribution in [-0.2, 0) is 65.4 Å². The number of hydrogen-bond donors (Lipinski definition) is 3. The van der Waals surface area contributed by atoms with E-state index in [1.807, 2.05) is 0 Å². The molecule has 0 aromatic rings. The normalized spacial score (nSPS) is 14.1. The van der Waals surface area contributed by atoms with Crippen LogP contribution >= 0.6 is 15.6 Å². The third-order valence-corrected chi connectivity index (χ3v) is 17.8. The molecule has 2 unspecified atom stereocenters. The maximum absolute atomic E-state index is 13.0. The van der Waals surface area contributed by atoms with E-state index in [-0.39, 0.29) is 25.7 Å². The standard InChI is InChI=1S/C68H132O17P2/c1-5-9-13-17-20-23-26-29-31-33-36-38-41-45-49-53-66(71)79-59-64(85-68(73)55-51-47-43-40-37-34-32-30-27-24-21-18-14-10-6-2)61-83-87(76,77)81-57-62(69)56-80-86(74,75)82-60-63(58-78-65(70)52-48-44-16-12-8-4)84-67(72)54-50-46-42-39-35-28-25-22-19-15-11-7-3/h62-64,69H,5-61H2,1-4H3,(H,74,75)(H,76,77)/t62-,63+,64+/m0/s1. The number of carbonyl (C=O) groups is 4. The maximum Gasteiger partial charge on any atom is 0.472 e. The first-order valence-corrected chi connectivity index (χ1v) is 38.8. The molecule has 0 saturated heterocycles. The summed E-state index contributed by atoms with van der Waals surface area (Å²) in [4.78, 5) is 72.2. The van der Waals surface area contributed by atoms with Crippen LogP contribution < -0.4 is 0 Å². The lowest BCUT2D eigenvalue weighted by atomic mass is 10.0. The number of rotatable bonds is 69. The molecule has 0 aromatic heterocycles. The summed E-state index contributed by atoms with van der Waals surface area (Å²) in [5.74, 6) is -2.13. The van der Waals surface area contributed by atoms with Crippen LogP contribution in [0.3, 0.4) is 0 Å². The quantitative estimate of drug-likeness (QED) is 0.0222. The van der Waals surface area contributed by atoms with Crippen LogP contribution in [0.2, 0.25) is 0 Å². The van der Waals surface area contributed by atoms with Gasteiger partial charge in [0.1, 0.15) is 19.3 Å². The monoisotopic (exact) mass is 1280 g/mol. The predicted octanol–water partition coefficient (Wildman–Crippen LogP) is 19.5. The van der Waals surface area contributed by atoms with E-state index in [9.17, 15) is 43.2 Å². The van der Waals surface area contributed by atoms with Crippen LogP contribution in [0.25, 0.3) is 0 Å². The van der Waals surface area contributed by atoms with E-state index in [1.54, 1.807) is 0 Å². The minimum Gasteiger partial charge on any atom is -0.462 e. The molecule has 516 valence electrons. The van der Waals surface area contributed by atoms with Gasteiger partial charge in [-0.15, -0.1) is 0 Å². The second kappa shape index (κ2) is 62.8. The molecule has 5 atom stereocenters. The second-order valence-electron chi connectivity index (χ2n) is 24.6. The third kappa shape index (κ3) is 62.6. The summed E-state index contributed by atoms with van der Waals surface area (Å²) in [7, 11) is -9.88. The van der Waals surface area contributed by atoms with E-state index < -0.39 is 97.5 Å². The fourth-order valence-electron chi connectivity index (χ4n) is 10.3. The molecule has 0 aliphatic carbocycles. The number of esters is 4. The molecule has 0 aliphatic rings. The highest BCUT2D eigenvalue weighted by Crippen LogP contribution is 2.45. The van der Waals surface area contributed by atoms with Crippen molar-refractivity contribution in [2.75, 3.05) is 39.6 Å². The Morgan fingerprint density at radius 3 is 0.678 bits per heavy atom. The predicted molar refractivity (Wildman–Crippen MR) is 349 cm³/mol. The molecule has 0 fully saturated rings. The fourth-order valence-corrected chi connectivity index (χ4v) is 11.9. The highest BCUT2D eigenvalue weighted by molar-refractivity contribution is 7.47. The average Bonchev–Trinajstić information content (AvgIpc) is 3.50. The molecule has 19 heteroatoms. The molecular weight excluding hydrogens is 1150 g/mol. The molecular formula is C68H132O17P2. The fraction of sp³-hybridized carbons (Fsp3) is 0.941. The molecule has 0 radical (unpaired) electrons. The third-order valence-electron chi connectivity index (χ3n) is 15.9. The van der Waals surface area contributed by atoms with E-state index >= 15 is 0 Å².